The minimum atomic E-state index is -0.822. The number of cyclic esters (lactones) is 1. The molecule has 2 rings (SSSR count). The average molecular weight is 320 g/mol. The van der Waals surface area contributed by atoms with Gasteiger partial charge in [0, 0.05) is 10.9 Å². The maximum Gasteiger partial charge on any atom is 0.347 e. The van der Waals surface area contributed by atoms with Gasteiger partial charge in [-0.25, -0.2) is 9.59 Å². The van der Waals surface area contributed by atoms with Gasteiger partial charge < -0.3 is 9.47 Å². The molecule has 1 fully saturated rings. The first kappa shape index (κ1) is 12.4. The van der Waals surface area contributed by atoms with Crippen LogP contribution < -0.4 is 0 Å². The van der Waals surface area contributed by atoms with E-state index in [1.807, 2.05) is 0 Å². The molecule has 6 heteroatoms. The Labute approximate surface area is 111 Å². The van der Waals surface area contributed by atoms with Crippen LogP contribution in [0.3, 0.4) is 0 Å². The Kier molecular flexibility index (Phi) is 3.69. The second-order valence-corrected chi connectivity index (χ2v) is 4.80. The van der Waals surface area contributed by atoms with Gasteiger partial charge >= 0.3 is 11.9 Å². The minimum Gasteiger partial charge on any atom is -0.463 e. The summed E-state index contributed by atoms with van der Waals surface area (Å²) in [6.07, 6.45) is -0.437. The van der Waals surface area contributed by atoms with E-state index in [9.17, 15) is 9.59 Å². The lowest BCUT2D eigenvalue weighted by atomic mass is 10.2. The fourth-order valence-corrected chi connectivity index (χ4v) is 1.99. The van der Waals surface area contributed by atoms with Crippen molar-refractivity contribution in [1.29, 1.82) is 0 Å². The molecule has 1 saturated heterocycles. The van der Waals surface area contributed by atoms with Gasteiger partial charge in [-0.15, -0.1) is 0 Å². The summed E-state index contributed by atoms with van der Waals surface area (Å²) in [4.78, 5) is 22.9. The molecule has 90 valence electrons. The van der Waals surface area contributed by atoms with Gasteiger partial charge in [0.25, 0.3) is 0 Å². The highest BCUT2D eigenvalue weighted by atomic mass is 79.9. The molecular formula is C11H8BrClO4. The van der Waals surface area contributed by atoms with Crippen molar-refractivity contribution in [2.24, 2.45) is 0 Å². The molecule has 0 bridgehead atoms. The number of carbonyl (C=O) groups is 2. The SMILES string of the molecule is O=C(O[C@H]1CCOC1=O)c1cc(Br)ccc1Cl. The van der Waals surface area contributed by atoms with Crippen LogP contribution in [0, 0.1) is 0 Å². The molecule has 0 aromatic heterocycles. The van der Waals surface area contributed by atoms with Crippen LogP contribution in [0.5, 0.6) is 0 Å². The molecule has 4 nitrogen and oxygen atoms in total. The van der Waals surface area contributed by atoms with Gasteiger partial charge in [0.15, 0.2) is 0 Å². The summed E-state index contributed by atoms with van der Waals surface area (Å²) in [5, 5.41) is 0.282. The van der Waals surface area contributed by atoms with E-state index in [0.29, 0.717) is 10.9 Å². The van der Waals surface area contributed by atoms with Crippen molar-refractivity contribution < 1.29 is 19.1 Å². The predicted molar refractivity (Wildman–Crippen MR) is 63.9 cm³/mol. The van der Waals surface area contributed by atoms with Crippen LogP contribution in [0.15, 0.2) is 22.7 Å². The molecule has 17 heavy (non-hydrogen) atoms. The summed E-state index contributed by atoms with van der Waals surface area (Å²) in [5.41, 5.74) is 0.223. The van der Waals surface area contributed by atoms with E-state index in [1.165, 1.54) is 0 Å². The van der Waals surface area contributed by atoms with Crippen LogP contribution in [0.1, 0.15) is 16.8 Å². The maximum atomic E-state index is 11.8. The van der Waals surface area contributed by atoms with Gasteiger partial charge in [0.2, 0.25) is 6.10 Å². The number of benzene rings is 1. The van der Waals surface area contributed by atoms with E-state index in [0.717, 1.165) is 0 Å². The van der Waals surface area contributed by atoms with Crippen LogP contribution in [-0.2, 0) is 14.3 Å². The molecule has 0 aliphatic carbocycles. The Morgan fingerprint density at radius 3 is 2.94 bits per heavy atom. The largest absolute Gasteiger partial charge is 0.463 e. The maximum absolute atomic E-state index is 11.8. The molecule has 0 saturated carbocycles. The normalized spacial score (nSPS) is 18.9. The van der Waals surface area contributed by atoms with Gasteiger partial charge in [-0.3, -0.25) is 0 Å². The number of carbonyl (C=O) groups excluding carboxylic acids is 2. The third-order valence-corrected chi connectivity index (χ3v) is 3.11. The number of halogens is 2. The molecule has 1 atom stereocenters. The second-order valence-electron chi connectivity index (χ2n) is 3.47. The summed E-state index contributed by atoms with van der Waals surface area (Å²) < 4.78 is 10.4. The van der Waals surface area contributed by atoms with Crippen molar-refractivity contribution in [3.05, 3.63) is 33.3 Å². The third kappa shape index (κ3) is 2.79. The van der Waals surface area contributed by atoms with Crippen molar-refractivity contribution in [2.75, 3.05) is 6.61 Å². The van der Waals surface area contributed by atoms with Crippen molar-refractivity contribution in [3.8, 4) is 0 Å². The van der Waals surface area contributed by atoms with Gasteiger partial charge in [-0.2, -0.15) is 0 Å². The average Bonchev–Trinajstić information content (AvgIpc) is 2.68. The minimum absolute atomic E-state index is 0.223. The highest BCUT2D eigenvalue weighted by molar-refractivity contribution is 9.10. The van der Waals surface area contributed by atoms with Crippen LogP contribution in [0.4, 0.5) is 0 Å². The van der Waals surface area contributed by atoms with Crippen molar-refractivity contribution in [2.45, 2.75) is 12.5 Å². The lowest BCUT2D eigenvalue weighted by Gasteiger charge is -2.09. The summed E-state index contributed by atoms with van der Waals surface area (Å²) >= 11 is 9.11. The molecule has 0 unspecified atom stereocenters. The number of ether oxygens (including phenoxy) is 2. The topological polar surface area (TPSA) is 52.6 Å². The zero-order valence-electron chi connectivity index (χ0n) is 8.61. The van der Waals surface area contributed by atoms with Gasteiger partial charge in [0.05, 0.1) is 17.2 Å². The zero-order valence-corrected chi connectivity index (χ0v) is 11.0. The molecule has 0 radical (unpaired) electrons. The zero-order chi connectivity index (χ0) is 12.4. The molecule has 0 amide bonds. The highest BCUT2D eigenvalue weighted by Gasteiger charge is 2.31. The Bertz CT molecular complexity index is 475. The highest BCUT2D eigenvalue weighted by Crippen LogP contribution is 2.23. The van der Waals surface area contributed by atoms with Gasteiger partial charge in [-0.1, -0.05) is 27.5 Å². The number of rotatable bonds is 2. The summed E-state index contributed by atoms with van der Waals surface area (Å²) in [7, 11) is 0. The van der Waals surface area contributed by atoms with Gasteiger partial charge in [-0.05, 0) is 18.2 Å². The Hall–Kier alpha value is -1.07. The summed E-state index contributed by atoms with van der Waals surface area (Å²) in [6, 6.07) is 4.84. The van der Waals surface area contributed by atoms with Gasteiger partial charge in [0.1, 0.15) is 0 Å². The van der Waals surface area contributed by atoms with E-state index in [2.05, 4.69) is 15.9 Å². The first-order valence-corrected chi connectivity index (χ1v) is 6.07. The van der Waals surface area contributed by atoms with Crippen molar-refractivity contribution >= 4 is 39.5 Å². The standard InChI is InChI=1S/C11H8BrClO4/c12-6-1-2-8(13)7(5-6)10(14)17-9-3-4-16-11(9)15/h1-2,5,9H,3-4H2/t9-/m0/s1. The Balaban J connectivity index is 2.14. The predicted octanol–water partition coefficient (Wildman–Crippen LogP) is 2.57. The quantitative estimate of drug-likeness (QED) is 0.786. The number of esters is 2. The van der Waals surface area contributed by atoms with E-state index in [4.69, 9.17) is 21.1 Å². The molecular weight excluding hydrogens is 311 g/mol. The molecule has 1 aromatic rings. The monoisotopic (exact) mass is 318 g/mol. The van der Waals surface area contributed by atoms with E-state index < -0.39 is 18.0 Å². The van der Waals surface area contributed by atoms with Crippen LogP contribution in [-0.4, -0.2) is 24.6 Å². The van der Waals surface area contributed by atoms with Crippen LogP contribution >= 0.6 is 27.5 Å². The van der Waals surface area contributed by atoms with Crippen molar-refractivity contribution in [1.82, 2.24) is 0 Å². The van der Waals surface area contributed by atoms with E-state index >= 15 is 0 Å². The molecule has 1 heterocycles. The second kappa shape index (κ2) is 5.06. The number of hydrogen-bond acceptors (Lipinski definition) is 4. The fourth-order valence-electron chi connectivity index (χ4n) is 1.43. The summed E-state index contributed by atoms with van der Waals surface area (Å²) in [6.45, 7) is 0.281. The Morgan fingerprint density at radius 1 is 1.53 bits per heavy atom. The first-order chi connectivity index (χ1) is 8.08. The summed E-state index contributed by atoms with van der Waals surface area (Å²) in [5.74, 6) is -1.13. The van der Waals surface area contributed by atoms with E-state index in [-0.39, 0.29) is 17.2 Å². The smallest absolute Gasteiger partial charge is 0.347 e. The molecule has 1 aliphatic heterocycles. The van der Waals surface area contributed by atoms with E-state index in [1.54, 1.807) is 18.2 Å². The fraction of sp³-hybridized carbons (Fsp3) is 0.273. The molecule has 1 aliphatic rings. The lowest BCUT2D eigenvalue weighted by molar-refractivity contribution is -0.145. The number of hydrogen-bond donors (Lipinski definition) is 0. The lowest BCUT2D eigenvalue weighted by Crippen LogP contribution is -2.22. The molecule has 0 N–H and O–H groups in total. The van der Waals surface area contributed by atoms with Crippen molar-refractivity contribution in [3.63, 3.8) is 0 Å². The van der Waals surface area contributed by atoms with Crippen LogP contribution in [0.25, 0.3) is 0 Å². The third-order valence-electron chi connectivity index (χ3n) is 2.28. The van der Waals surface area contributed by atoms with Crippen LogP contribution in [0.2, 0.25) is 5.02 Å². The Morgan fingerprint density at radius 2 is 2.29 bits per heavy atom. The molecule has 0 spiro atoms. The first-order valence-electron chi connectivity index (χ1n) is 4.90. The molecule has 1 aromatic carbocycles.